The van der Waals surface area contributed by atoms with Crippen LogP contribution < -0.4 is 10.5 Å². The molecule has 0 aliphatic carbocycles. The van der Waals surface area contributed by atoms with Gasteiger partial charge in [-0.25, -0.2) is 13.1 Å². The molecule has 0 bridgehead atoms. The van der Waals surface area contributed by atoms with E-state index in [4.69, 9.17) is 5.73 Å². The summed E-state index contributed by atoms with van der Waals surface area (Å²) < 4.78 is 28.0. The lowest BCUT2D eigenvalue weighted by molar-refractivity contribution is 0.580. The second-order valence-electron chi connectivity index (χ2n) is 3.84. The van der Waals surface area contributed by atoms with E-state index in [1.807, 2.05) is 11.4 Å². The Morgan fingerprint density at radius 3 is 2.89 bits per heavy atom. The monoisotopic (exact) mass is 364 g/mol. The van der Waals surface area contributed by atoms with E-state index in [2.05, 4.69) is 30.8 Å². The number of nitrogens with one attached hydrogen (secondary N) is 2. The molecule has 0 saturated carbocycles. The third kappa shape index (κ3) is 3.06. The highest BCUT2D eigenvalue weighted by Crippen LogP contribution is 2.23. The van der Waals surface area contributed by atoms with Gasteiger partial charge >= 0.3 is 0 Å². The summed E-state index contributed by atoms with van der Waals surface area (Å²) in [6.45, 7) is 1.96. The van der Waals surface area contributed by atoms with Gasteiger partial charge < -0.3 is 5.73 Å². The predicted octanol–water partition coefficient (Wildman–Crippen LogP) is 1.48. The highest BCUT2D eigenvalue weighted by Gasteiger charge is 2.23. The average molecular weight is 365 g/mol. The maximum absolute atomic E-state index is 12.3. The molecular formula is C10H13BrN4O2S2. The lowest BCUT2D eigenvalue weighted by atomic mass is 10.4. The molecule has 2 heterocycles. The third-order valence-electron chi connectivity index (χ3n) is 2.54. The molecular weight excluding hydrogens is 352 g/mol. The van der Waals surface area contributed by atoms with Crippen LogP contribution in [0.15, 0.2) is 20.8 Å². The van der Waals surface area contributed by atoms with E-state index < -0.39 is 10.0 Å². The van der Waals surface area contributed by atoms with Gasteiger partial charge in [-0.15, -0.1) is 11.3 Å². The number of hydrogen-bond acceptors (Lipinski definition) is 5. The van der Waals surface area contributed by atoms with Crippen LogP contribution in [-0.2, 0) is 23.1 Å². The van der Waals surface area contributed by atoms with Gasteiger partial charge in [0.05, 0.1) is 11.4 Å². The van der Waals surface area contributed by atoms with Crippen LogP contribution in [0, 0.1) is 6.92 Å². The number of aromatic nitrogens is 2. The zero-order valence-corrected chi connectivity index (χ0v) is 13.3. The first-order chi connectivity index (χ1) is 8.95. The summed E-state index contributed by atoms with van der Waals surface area (Å²) in [6.07, 6.45) is 0. The van der Waals surface area contributed by atoms with Crippen LogP contribution in [0.5, 0.6) is 0 Å². The summed E-state index contributed by atoms with van der Waals surface area (Å²) in [7, 11) is -3.62. The van der Waals surface area contributed by atoms with Gasteiger partial charge in [-0.1, -0.05) is 0 Å². The van der Waals surface area contributed by atoms with Crippen LogP contribution in [0.4, 0.5) is 0 Å². The largest absolute Gasteiger partial charge is 0.325 e. The molecule has 0 amide bonds. The van der Waals surface area contributed by atoms with Crippen LogP contribution in [0.1, 0.15) is 16.3 Å². The van der Waals surface area contributed by atoms with Gasteiger partial charge in [-0.2, -0.15) is 5.10 Å². The number of hydrogen-bond donors (Lipinski definition) is 3. The molecule has 0 aliphatic rings. The summed E-state index contributed by atoms with van der Waals surface area (Å²) >= 11 is 4.84. The summed E-state index contributed by atoms with van der Waals surface area (Å²) in [6, 6.07) is 1.88. The predicted molar refractivity (Wildman–Crippen MR) is 77.3 cm³/mol. The lowest BCUT2D eigenvalue weighted by Crippen LogP contribution is -2.24. The molecule has 6 nitrogen and oxygen atoms in total. The minimum atomic E-state index is -3.62. The van der Waals surface area contributed by atoms with Crippen molar-refractivity contribution >= 4 is 37.3 Å². The highest BCUT2D eigenvalue weighted by atomic mass is 79.9. The molecule has 0 atom stereocenters. The Morgan fingerprint density at radius 2 is 2.32 bits per heavy atom. The first-order valence-corrected chi connectivity index (χ1v) is 8.56. The molecule has 0 saturated heterocycles. The fraction of sp³-hybridized carbons (Fsp3) is 0.300. The number of nitrogens with zero attached hydrogens (tertiary/aromatic N) is 1. The number of aromatic amines is 1. The Morgan fingerprint density at radius 1 is 1.58 bits per heavy atom. The van der Waals surface area contributed by atoms with Crippen molar-refractivity contribution in [3.8, 4) is 0 Å². The number of thiophene rings is 1. The molecule has 0 aliphatic heterocycles. The van der Waals surface area contributed by atoms with E-state index in [1.165, 1.54) is 11.3 Å². The third-order valence-corrected chi connectivity index (χ3v) is 6.07. The fourth-order valence-electron chi connectivity index (χ4n) is 1.65. The summed E-state index contributed by atoms with van der Waals surface area (Å²) in [5, 5.41) is 8.42. The molecule has 0 radical (unpaired) electrons. The number of rotatable bonds is 5. The summed E-state index contributed by atoms with van der Waals surface area (Å²) in [5.74, 6) is 0. The SMILES string of the molecule is Cc1[nH]nc(CN)c1S(=O)(=O)NCc1sccc1Br. The number of halogens is 1. The van der Waals surface area contributed by atoms with Gasteiger partial charge in [0.15, 0.2) is 0 Å². The van der Waals surface area contributed by atoms with Crippen molar-refractivity contribution in [3.63, 3.8) is 0 Å². The van der Waals surface area contributed by atoms with E-state index in [-0.39, 0.29) is 18.0 Å². The molecule has 2 aromatic heterocycles. The maximum Gasteiger partial charge on any atom is 0.244 e. The van der Waals surface area contributed by atoms with Crippen molar-refractivity contribution in [1.82, 2.24) is 14.9 Å². The number of aryl methyl sites for hydroxylation is 1. The second-order valence-corrected chi connectivity index (χ2v) is 7.40. The summed E-state index contributed by atoms with van der Waals surface area (Å²) in [5.41, 5.74) is 6.32. The molecule has 0 unspecified atom stereocenters. The molecule has 0 spiro atoms. The Kier molecular flexibility index (Phi) is 4.41. The van der Waals surface area contributed by atoms with Crippen molar-refractivity contribution in [1.29, 1.82) is 0 Å². The number of nitrogens with two attached hydrogens (primary N) is 1. The minimum Gasteiger partial charge on any atom is -0.325 e. The van der Waals surface area contributed by atoms with Gasteiger partial charge in [-0.05, 0) is 34.3 Å². The lowest BCUT2D eigenvalue weighted by Gasteiger charge is -2.06. The van der Waals surface area contributed by atoms with Crippen molar-refractivity contribution in [2.24, 2.45) is 5.73 Å². The van der Waals surface area contributed by atoms with E-state index >= 15 is 0 Å². The van der Waals surface area contributed by atoms with E-state index in [0.717, 1.165) is 9.35 Å². The van der Waals surface area contributed by atoms with Gasteiger partial charge in [0, 0.05) is 22.4 Å². The van der Waals surface area contributed by atoms with Crippen molar-refractivity contribution in [2.45, 2.75) is 24.9 Å². The zero-order chi connectivity index (χ0) is 14.0. The normalized spacial score (nSPS) is 11.9. The molecule has 104 valence electrons. The average Bonchev–Trinajstić information content (AvgIpc) is 2.93. The van der Waals surface area contributed by atoms with E-state index in [0.29, 0.717) is 11.4 Å². The van der Waals surface area contributed by atoms with Crippen LogP contribution >= 0.6 is 27.3 Å². The zero-order valence-electron chi connectivity index (χ0n) is 10.1. The Balaban J connectivity index is 2.23. The van der Waals surface area contributed by atoms with Gasteiger partial charge in [0.25, 0.3) is 0 Å². The van der Waals surface area contributed by atoms with Gasteiger partial charge in [0.2, 0.25) is 10.0 Å². The molecule has 19 heavy (non-hydrogen) atoms. The fourth-order valence-corrected chi connectivity index (χ4v) is 4.54. The Bertz CT molecular complexity index is 678. The molecule has 2 rings (SSSR count). The first-order valence-electron chi connectivity index (χ1n) is 5.41. The molecule has 0 fully saturated rings. The van der Waals surface area contributed by atoms with Crippen molar-refractivity contribution in [2.75, 3.05) is 0 Å². The first kappa shape index (κ1) is 14.7. The van der Waals surface area contributed by atoms with Crippen molar-refractivity contribution in [3.05, 3.63) is 32.2 Å². The Hall–Kier alpha value is -0.740. The second kappa shape index (κ2) is 5.71. The smallest absolute Gasteiger partial charge is 0.244 e. The number of sulfonamides is 1. The molecule has 0 aromatic carbocycles. The Labute approximate surface area is 123 Å². The van der Waals surface area contributed by atoms with Crippen LogP contribution in [0.3, 0.4) is 0 Å². The van der Waals surface area contributed by atoms with Crippen LogP contribution in [0.25, 0.3) is 0 Å². The van der Waals surface area contributed by atoms with Gasteiger partial charge in [0.1, 0.15) is 4.90 Å². The van der Waals surface area contributed by atoms with E-state index in [9.17, 15) is 8.42 Å². The van der Waals surface area contributed by atoms with E-state index in [1.54, 1.807) is 6.92 Å². The highest BCUT2D eigenvalue weighted by molar-refractivity contribution is 9.10. The van der Waals surface area contributed by atoms with Crippen molar-refractivity contribution < 1.29 is 8.42 Å². The maximum atomic E-state index is 12.3. The topological polar surface area (TPSA) is 101 Å². The van der Waals surface area contributed by atoms with Crippen LogP contribution in [0.2, 0.25) is 0 Å². The molecule has 9 heteroatoms. The van der Waals surface area contributed by atoms with Gasteiger partial charge in [-0.3, -0.25) is 5.10 Å². The minimum absolute atomic E-state index is 0.0727. The van der Waals surface area contributed by atoms with Crippen LogP contribution in [-0.4, -0.2) is 18.6 Å². The number of H-pyrrole nitrogens is 1. The summed E-state index contributed by atoms with van der Waals surface area (Å²) in [4.78, 5) is 1.06. The quantitative estimate of drug-likeness (QED) is 0.747. The molecule has 2 aromatic rings. The molecule has 4 N–H and O–H groups in total. The standard InChI is InChI=1S/C10H13BrN4O2S2/c1-6-10(8(4-12)15-14-6)19(16,17)13-5-9-7(11)2-3-18-9/h2-3,13H,4-5,12H2,1H3,(H,14,15).